The van der Waals surface area contributed by atoms with Crippen molar-refractivity contribution in [3.8, 4) is 0 Å². The Kier molecular flexibility index (Phi) is 14.5. The van der Waals surface area contributed by atoms with Gasteiger partial charge in [-0.15, -0.1) is 35.7 Å². The molecule has 0 fully saturated rings. The minimum atomic E-state index is 0. The highest BCUT2D eigenvalue weighted by atomic mass is 127. The van der Waals surface area contributed by atoms with Crippen LogP contribution in [0, 0.1) is 0 Å². The number of rotatable bonds is 10. The molecule has 0 spiro atoms. The minimum absolute atomic E-state index is 0. The Morgan fingerprint density at radius 2 is 1.92 bits per heavy atom. The zero-order valence-corrected chi connectivity index (χ0v) is 18.2. The second-order valence-corrected chi connectivity index (χ2v) is 5.92. The van der Waals surface area contributed by atoms with Gasteiger partial charge in [-0.05, 0) is 30.9 Å². The van der Waals surface area contributed by atoms with Crippen molar-refractivity contribution in [2.75, 3.05) is 53.3 Å². The summed E-state index contributed by atoms with van der Waals surface area (Å²) >= 11 is 1.76. The van der Waals surface area contributed by atoms with E-state index in [2.05, 4.69) is 59.7 Å². The van der Waals surface area contributed by atoms with E-state index in [9.17, 15) is 0 Å². The zero-order chi connectivity index (χ0) is 16.9. The number of nitrogens with one attached hydrogen (secondary N) is 1. The molecule has 7 heteroatoms. The molecule has 0 saturated heterocycles. The van der Waals surface area contributed by atoms with Crippen LogP contribution in [0.15, 0.2) is 34.2 Å². The molecule has 0 aliphatic heterocycles. The van der Waals surface area contributed by atoms with Gasteiger partial charge in [-0.25, -0.2) is 0 Å². The average molecular weight is 467 g/mol. The van der Waals surface area contributed by atoms with Crippen molar-refractivity contribution in [1.29, 1.82) is 0 Å². The number of benzene rings is 1. The maximum atomic E-state index is 5.45. The Balaban J connectivity index is 0.00000529. The summed E-state index contributed by atoms with van der Waals surface area (Å²) in [5, 5.41) is 3.32. The highest BCUT2D eigenvalue weighted by molar-refractivity contribution is 14.0. The first-order valence-corrected chi connectivity index (χ1v) is 9.12. The molecule has 0 aliphatic carbocycles. The van der Waals surface area contributed by atoms with Gasteiger partial charge in [0.05, 0.1) is 26.4 Å². The molecule has 24 heavy (non-hydrogen) atoms. The predicted molar refractivity (Wildman–Crippen MR) is 114 cm³/mol. The molecule has 0 heterocycles. The molecule has 0 amide bonds. The first-order chi connectivity index (χ1) is 11.2. The summed E-state index contributed by atoms with van der Waals surface area (Å²) in [7, 11) is 3.72. The highest BCUT2D eigenvalue weighted by Crippen LogP contribution is 2.15. The summed E-state index contributed by atoms with van der Waals surface area (Å²) in [6, 6.07) is 8.64. The first kappa shape index (κ1) is 23.5. The second-order valence-electron chi connectivity index (χ2n) is 5.04. The van der Waals surface area contributed by atoms with Gasteiger partial charge in [-0.3, -0.25) is 4.99 Å². The van der Waals surface area contributed by atoms with Crippen molar-refractivity contribution in [2.24, 2.45) is 4.99 Å². The Labute approximate surface area is 167 Å². The van der Waals surface area contributed by atoms with Crippen LogP contribution in [0.5, 0.6) is 0 Å². The van der Waals surface area contributed by atoms with Gasteiger partial charge < -0.3 is 19.7 Å². The molecule has 5 nitrogen and oxygen atoms in total. The lowest BCUT2D eigenvalue weighted by atomic mass is 10.2. The van der Waals surface area contributed by atoms with Gasteiger partial charge in [-0.2, -0.15) is 0 Å². The summed E-state index contributed by atoms with van der Waals surface area (Å²) in [5.74, 6) is 0.900. The molecule has 138 valence electrons. The van der Waals surface area contributed by atoms with Crippen molar-refractivity contribution in [2.45, 2.75) is 18.4 Å². The van der Waals surface area contributed by atoms with Gasteiger partial charge in [-0.1, -0.05) is 12.1 Å². The van der Waals surface area contributed by atoms with Gasteiger partial charge in [0.15, 0.2) is 5.96 Å². The molecule has 1 rings (SSSR count). The summed E-state index contributed by atoms with van der Waals surface area (Å²) < 4.78 is 10.4. The van der Waals surface area contributed by atoms with Crippen LogP contribution >= 0.6 is 35.7 Å². The molecule has 1 N–H and O–H groups in total. The number of methoxy groups -OCH3 is 1. The highest BCUT2D eigenvalue weighted by Gasteiger charge is 2.06. The van der Waals surface area contributed by atoms with Crippen molar-refractivity contribution in [3.05, 3.63) is 29.8 Å². The van der Waals surface area contributed by atoms with Crippen LogP contribution in [-0.4, -0.2) is 64.2 Å². The zero-order valence-electron chi connectivity index (χ0n) is 15.1. The molecular weight excluding hydrogens is 437 g/mol. The molecule has 0 aromatic heterocycles. The minimum Gasteiger partial charge on any atom is -0.382 e. The van der Waals surface area contributed by atoms with Crippen LogP contribution in [0.1, 0.15) is 12.5 Å². The van der Waals surface area contributed by atoms with Crippen molar-refractivity contribution < 1.29 is 9.47 Å². The SMILES string of the molecule is CCNC(=NCCOCCOC)N(C)Cc1ccc(SC)cc1.I. The summed E-state index contributed by atoms with van der Waals surface area (Å²) in [5.41, 5.74) is 1.27. The van der Waals surface area contributed by atoms with E-state index in [1.165, 1.54) is 10.5 Å². The second kappa shape index (κ2) is 14.8. The number of thioether (sulfide) groups is 1. The summed E-state index contributed by atoms with van der Waals surface area (Å²) in [6.45, 7) is 6.22. The quantitative estimate of drug-likeness (QED) is 0.189. The topological polar surface area (TPSA) is 46.1 Å². The van der Waals surface area contributed by atoms with Gasteiger partial charge >= 0.3 is 0 Å². The molecule has 1 aromatic carbocycles. The molecule has 0 radical (unpaired) electrons. The molecule has 0 aliphatic rings. The lowest BCUT2D eigenvalue weighted by molar-refractivity contribution is 0.0747. The molecule has 1 aromatic rings. The number of hydrogen-bond acceptors (Lipinski definition) is 4. The number of halogens is 1. The van der Waals surface area contributed by atoms with Crippen molar-refractivity contribution in [3.63, 3.8) is 0 Å². The largest absolute Gasteiger partial charge is 0.382 e. The fraction of sp³-hybridized carbons (Fsp3) is 0.588. The van der Waals surface area contributed by atoms with Gasteiger partial charge in [0.2, 0.25) is 0 Å². The third kappa shape index (κ3) is 9.71. The van der Waals surface area contributed by atoms with Gasteiger partial charge in [0.25, 0.3) is 0 Å². The third-order valence-corrected chi connectivity index (χ3v) is 3.95. The normalized spacial score (nSPS) is 11.1. The smallest absolute Gasteiger partial charge is 0.194 e. The van der Waals surface area contributed by atoms with Crippen molar-refractivity contribution >= 4 is 41.7 Å². The fourth-order valence-electron chi connectivity index (χ4n) is 2.01. The number of ether oxygens (including phenoxy) is 2. The maximum Gasteiger partial charge on any atom is 0.194 e. The van der Waals surface area contributed by atoms with Crippen LogP contribution in [0.3, 0.4) is 0 Å². The molecule has 0 saturated carbocycles. The predicted octanol–water partition coefficient (Wildman–Crippen LogP) is 3.09. The number of hydrogen-bond donors (Lipinski definition) is 1. The van der Waals surface area contributed by atoms with E-state index in [4.69, 9.17) is 9.47 Å². The lowest BCUT2D eigenvalue weighted by Gasteiger charge is -2.22. The van der Waals surface area contributed by atoms with E-state index in [1.54, 1.807) is 18.9 Å². The molecular formula is C17H30IN3O2S. The van der Waals surface area contributed by atoms with Gasteiger partial charge in [0, 0.05) is 32.1 Å². The van der Waals surface area contributed by atoms with E-state index in [-0.39, 0.29) is 24.0 Å². The van der Waals surface area contributed by atoms with Crippen LogP contribution in [-0.2, 0) is 16.0 Å². The van der Waals surface area contributed by atoms with Gasteiger partial charge in [0.1, 0.15) is 0 Å². The average Bonchev–Trinajstić information content (AvgIpc) is 2.57. The maximum absolute atomic E-state index is 5.45. The monoisotopic (exact) mass is 467 g/mol. The summed E-state index contributed by atoms with van der Waals surface area (Å²) in [6.07, 6.45) is 2.09. The van der Waals surface area contributed by atoms with E-state index >= 15 is 0 Å². The van der Waals surface area contributed by atoms with E-state index in [1.807, 2.05) is 0 Å². The van der Waals surface area contributed by atoms with Crippen LogP contribution in [0.4, 0.5) is 0 Å². The molecule has 0 bridgehead atoms. The molecule has 0 atom stereocenters. The van der Waals surface area contributed by atoms with E-state index in [0.717, 1.165) is 19.0 Å². The standard InChI is InChI=1S/C17H29N3O2S.HI/c1-5-18-17(19-10-11-22-13-12-21-3)20(2)14-15-6-8-16(23-4)9-7-15;/h6-9H,5,10-14H2,1-4H3,(H,18,19);1H. The van der Waals surface area contributed by atoms with E-state index < -0.39 is 0 Å². The first-order valence-electron chi connectivity index (χ1n) is 7.90. The Morgan fingerprint density at radius 1 is 1.21 bits per heavy atom. The van der Waals surface area contributed by atoms with E-state index in [0.29, 0.717) is 26.4 Å². The number of aliphatic imine (C=N–C) groups is 1. The third-order valence-electron chi connectivity index (χ3n) is 3.20. The Bertz CT molecular complexity index is 458. The lowest BCUT2D eigenvalue weighted by Crippen LogP contribution is -2.38. The van der Waals surface area contributed by atoms with Crippen LogP contribution in [0.2, 0.25) is 0 Å². The van der Waals surface area contributed by atoms with Crippen LogP contribution in [0.25, 0.3) is 0 Å². The Morgan fingerprint density at radius 3 is 2.50 bits per heavy atom. The van der Waals surface area contributed by atoms with Crippen LogP contribution < -0.4 is 5.32 Å². The fourth-order valence-corrected chi connectivity index (χ4v) is 2.42. The summed E-state index contributed by atoms with van der Waals surface area (Å²) in [4.78, 5) is 8.02. The number of nitrogens with zero attached hydrogens (tertiary/aromatic N) is 2. The van der Waals surface area contributed by atoms with Crippen molar-refractivity contribution in [1.82, 2.24) is 10.2 Å². The number of guanidine groups is 1. The molecule has 0 unspecified atom stereocenters. The Hall–Kier alpha value is -0.510.